The minimum absolute atomic E-state index is 0.253. The van der Waals surface area contributed by atoms with Crippen LogP contribution in [0.3, 0.4) is 0 Å². The van der Waals surface area contributed by atoms with Crippen LogP contribution in [0.25, 0.3) is 0 Å². The first-order valence-corrected chi connectivity index (χ1v) is 9.39. The third-order valence-corrected chi connectivity index (χ3v) is 4.62. The Morgan fingerprint density at radius 2 is 2.03 bits per heavy atom. The van der Waals surface area contributed by atoms with Gasteiger partial charge in [0.15, 0.2) is 11.5 Å². The van der Waals surface area contributed by atoms with Gasteiger partial charge in [0.25, 0.3) is 5.91 Å². The summed E-state index contributed by atoms with van der Waals surface area (Å²) in [6.07, 6.45) is 2.94. The van der Waals surface area contributed by atoms with Gasteiger partial charge in [0.1, 0.15) is 18.2 Å². The Bertz CT molecular complexity index is 1030. The van der Waals surface area contributed by atoms with Crippen LogP contribution in [0, 0.1) is 12.7 Å². The van der Waals surface area contributed by atoms with Gasteiger partial charge < -0.3 is 13.9 Å². The summed E-state index contributed by atoms with van der Waals surface area (Å²) < 4.78 is 30.0. The van der Waals surface area contributed by atoms with Crippen LogP contribution in [0.15, 0.2) is 62.7 Å². The predicted molar refractivity (Wildman–Crippen MR) is 110 cm³/mol. The van der Waals surface area contributed by atoms with Gasteiger partial charge in [-0.25, -0.2) is 9.82 Å². The van der Waals surface area contributed by atoms with E-state index in [9.17, 15) is 9.18 Å². The molecule has 3 rings (SSSR count). The van der Waals surface area contributed by atoms with Gasteiger partial charge in [-0.05, 0) is 64.3 Å². The predicted octanol–water partition coefficient (Wildman–Crippen LogP) is 4.84. The number of carbonyl (C=O) groups excluding carboxylic acids is 1. The molecule has 0 aliphatic carbocycles. The fraction of sp³-hybridized carbons (Fsp3) is 0.143. The van der Waals surface area contributed by atoms with Gasteiger partial charge in [-0.15, -0.1) is 0 Å². The van der Waals surface area contributed by atoms with Crippen molar-refractivity contribution in [1.82, 2.24) is 5.43 Å². The molecule has 3 aromatic rings. The number of nitrogens with one attached hydrogen (secondary N) is 1. The summed E-state index contributed by atoms with van der Waals surface area (Å²) in [4.78, 5) is 12.0. The number of ether oxygens (including phenoxy) is 2. The Morgan fingerprint density at radius 1 is 1.28 bits per heavy atom. The van der Waals surface area contributed by atoms with Gasteiger partial charge in [-0.1, -0.05) is 12.1 Å². The number of benzene rings is 2. The van der Waals surface area contributed by atoms with Crippen LogP contribution in [0.5, 0.6) is 11.5 Å². The van der Waals surface area contributed by atoms with Crippen LogP contribution in [0.1, 0.15) is 27.2 Å². The minimum atomic E-state index is -0.363. The second-order valence-electron chi connectivity index (χ2n) is 6.04. The molecule has 0 fully saturated rings. The number of methoxy groups -OCH3 is 1. The van der Waals surface area contributed by atoms with Crippen molar-refractivity contribution >= 4 is 28.1 Å². The van der Waals surface area contributed by atoms with Gasteiger partial charge in [0.05, 0.1) is 29.6 Å². The van der Waals surface area contributed by atoms with E-state index in [0.29, 0.717) is 32.9 Å². The summed E-state index contributed by atoms with van der Waals surface area (Å²) in [6, 6.07) is 11.1. The fourth-order valence-corrected chi connectivity index (χ4v) is 3.11. The van der Waals surface area contributed by atoms with Gasteiger partial charge in [-0.3, -0.25) is 4.79 Å². The topological polar surface area (TPSA) is 73.1 Å². The molecule has 0 saturated heterocycles. The van der Waals surface area contributed by atoms with E-state index in [1.807, 2.05) is 0 Å². The number of carbonyl (C=O) groups is 1. The standard InChI is InChI=1S/C21H18BrFN2O4/c1-13-17(7-8-28-13)21(26)25-24-11-15-9-18(22)20(19(10-15)27-2)29-12-14-3-5-16(23)6-4-14/h3-11H,12H2,1-2H3,(H,25,26)/b24-11+. The van der Waals surface area contributed by atoms with Crippen molar-refractivity contribution in [3.8, 4) is 11.5 Å². The molecular weight excluding hydrogens is 443 g/mol. The van der Waals surface area contributed by atoms with Crippen LogP contribution in [0.4, 0.5) is 4.39 Å². The summed E-state index contributed by atoms with van der Waals surface area (Å²) in [5, 5.41) is 3.97. The maximum Gasteiger partial charge on any atom is 0.274 e. The van der Waals surface area contributed by atoms with Crippen molar-refractivity contribution in [1.29, 1.82) is 0 Å². The molecule has 0 spiro atoms. The first kappa shape index (κ1) is 20.6. The van der Waals surface area contributed by atoms with E-state index in [1.54, 1.807) is 37.3 Å². The van der Waals surface area contributed by atoms with E-state index in [2.05, 4.69) is 26.5 Å². The van der Waals surface area contributed by atoms with Crippen molar-refractivity contribution in [2.75, 3.05) is 7.11 Å². The zero-order valence-electron chi connectivity index (χ0n) is 15.7. The normalized spacial score (nSPS) is 10.9. The van der Waals surface area contributed by atoms with E-state index in [1.165, 1.54) is 31.7 Å². The molecule has 0 saturated carbocycles. The molecule has 1 heterocycles. The molecule has 1 N–H and O–H groups in total. The lowest BCUT2D eigenvalue weighted by Crippen LogP contribution is -2.17. The molecule has 29 heavy (non-hydrogen) atoms. The second kappa shape index (κ2) is 9.38. The van der Waals surface area contributed by atoms with Crippen LogP contribution in [-0.4, -0.2) is 19.2 Å². The van der Waals surface area contributed by atoms with E-state index in [0.717, 1.165) is 5.56 Å². The van der Waals surface area contributed by atoms with Gasteiger partial charge in [0.2, 0.25) is 0 Å². The summed E-state index contributed by atoms with van der Waals surface area (Å²) in [5.41, 5.74) is 4.38. The van der Waals surface area contributed by atoms with Gasteiger partial charge >= 0.3 is 0 Å². The quantitative estimate of drug-likeness (QED) is 0.404. The molecule has 6 nitrogen and oxygen atoms in total. The Labute approximate surface area is 175 Å². The minimum Gasteiger partial charge on any atom is -0.493 e. The van der Waals surface area contributed by atoms with Crippen LogP contribution < -0.4 is 14.9 Å². The van der Waals surface area contributed by atoms with Crippen molar-refractivity contribution in [2.45, 2.75) is 13.5 Å². The van der Waals surface area contributed by atoms with E-state index < -0.39 is 0 Å². The Balaban J connectivity index is 1.69. The third kappa shape index (κ3) is 5.23. The average Bonchev–Trinajstić information content (AvgIpc) is 3.14. The molecule has 0 aliphatic heterocycles. The number of rotatable bonds is 7. The summed E-state index contributed by atoms with van der Waals surface area (Å²) >= 11 is 3.46. The highest BCUT2D eigenvalue weighted by molar-refractivity contribution is 9.10. The molecule has 0 unspecified atom stereocenters. The van der Waals surface area contributed by atoms with Crippen molar-refractivity contribution in [3.63, 3.8) is 0 Å². The number of nitrogens with zero attached hydrogens (tertiary/aromatic N) is 1. The van der Waals surface area contributed by atoms with Crippen molar-refractivity contribution < 1.29 is 23.1 Å². The number of furan rings is 1. The highest BCUT2D eigenvalue weighted by atomic mass is 79.9. The SMILES string of the molecule is COc1cc(/C=N/NC(=O)c2ccoc2C)cc(Br)c1OCc1ccc(F)cc1. The third-order valence-electron chi connectivity index (χ3n) is 4.03. The molecule has 1 aromatic heterocycles. The van der Waals surface area contributed by atoms with Crippen LogP contribution in [0.2, 0.25) is 0 Å². The molecular formula is C21H18BrFN2O4. The first-order chi connectivity index (χ1) is 14.0. The summed E-state index contributed by atoms with van der Waals surface area (Å²) in [6.45, 7) is 1.95. The van der Waals surface area contributed by atoms with E-state index in [-0.39, 0.29) is 18.3 Å². The number of hydrogen-bond donors (Lipinski definition) is 1. The van der Waals surface area contributed by atoms with E-state index in [4.69, 9.17) is 13.9 Å². The average molecular weight is 461 g/mol. The number of hydrazone groups is 1. The molecule has 0 bridgehead atoms. The second-order valence-corrected chi connectivity index (χ2v) is 6.89. The molecule has 2 aromatic carbocycles. The molecule has 1 amide bonds. The summed E-state index contributed by atoms with van der Waals surface area (Å²) in [7, 11) is 1.52. The van der Waals surface area contributed by atoms with Gasteiger partial charge in [-0.2, -0.15) is 5.10 Å². The highest BCUT2D eigenvalue weighted by Gasteiger charge is 2.13. The Kier molecular flexibility index (Phi) is 6.66. The monoisotopic (exact) mass is 460 g/mol. The molecule has 0 radical (unpaired) electrons. The van der Waals surface area contributed by atoms with E-state index >= 15 is 0 Å². The molecule has 150 valence electrons. The smallest absolute Gasteiger partial charge is 0.274 e. The zero-order valence-corrected chi connectivity index (χ0v) is 17.3. The molecule has 0 aliphatic rings. The molecule has 0 atom stereocenters. The number of halogens is 2. The lowest BCUT2D eigenvalue weighted by molar-refractivity contribution is 0.0953. The lowest BCUT2D eigenvalue weighted by Gasteiger charge is -2.13. The maximum atomic E-state index is 13.0. The largest absolute Gasteiger partial charge is 0.493 e. The molecule has 8 heteroatoms. The number of hydrogen-bond acceptors (Lipinski definition) is 5. The number of amides is 1. The first-order valence-electron chi connectivity index (χ1n) is 8.60. The van der Waals surface area contributed by atoms with Crippen molar-refractivity contribution in [2.24, 2.45) is 5.10 Å². The maximum absolute atomic E-state index is 13.0. The Hall–Kier alpha value is -3.13. The van der Waals surface area contributed by atoms with Crippen LogP contribution >= 0.6 is 15.9 Å². The van der Waals surface area contributed by atoms with Crippen molar-refractivity contribution in [3.05, 3.63) is 81.5 Å². The number of aryl methyl sites for hydroxylation is 1. The Morgan fingerprint density at radius 3 is 2.69 bits per heavy atom. The van der Waals surface area contributed by atoms with Crippen LogP contribution in [-0.2, 0) is 6.61 Å². The lowest BCUT2D eigenvalue weighted by atomic mass is 10.2. The summed E-state index contributed by atoms with van der Waals surface area (Å²) in [5.74, 6) is 0.848. The highest BCUT2D eigenvalue weighted by Crippen LogP contribution is 2.36. The fourth-order valence-electron chi connectivity index (χ4n) is 2.54. The zero-order chi connectivity index (χ0) is 20.8. The van der Waals surface area contributed by atoms with Gasteiger partial charge in [0, 0.05) is 0 Å².